The highest BCUT2D eigenvalue weighted by Gasteiger charge is 2.27. The van der Waals surface area contributed by atoms with Crippen LogP contribution in [0.5, 0.6) is 0 Å². The second-order valence-electron chi connectivity index (χ2n) is 10.7. The van der Waals surface area contributed by atoms with E-state index in [2.05, 4.69) is 38.0 Å². The van der Waals surface area contributed by atoms with Crippen molar-refractivity contribution in [1.82, 2.24) is 20.3 Å². The lowest BCUT2D eigenvalue weighted by atomic mass is 9.92. The molecular weight excluding hydrogens is 558 g/mol. The number of anilines is 3. The highest BCUT2D eigenvalue weighted by atomic mass is 35.5. The number of benzene rings is 1. The Morgan fingerprint density at radius 1 is 1.14 bits per heavy atom. The van der Waals surface area contributed by atoms with E-state index < -0.39 is 18.1 Å². The number of aryl methyl sites for hydroxylation is 2. The molecule has 4 heterocycles. The molecule has 1 saturated heterocycles. The summed E-state index contributed by atoms with van der Waals surface area (Å²) in [5.41, 5.74) is 3.88. The minimum absolute atomic E-state index is 0.0744. The normalized spacial score (nSPS) is 15.7. The van der Waals surface area contributed by atoms with Gasteiger partial charge < -0.3 is 30.7 Å². The van der Waals surface area contributed by atoms with Crippen molar-refractivity contribution >= 4 is 41.1 Å². The predicted octanol–water partition coefficient (Wildman–Crippen LogP) is 4.68. The first-order valence-electron chi connectivity index (χ1n) is 14.3. The molecule has 2 aromatic heterocycles. The van der Waals surface area contributed by atoms with Crippen LogP contribution < -0.4 is 20.9 Å². The molecular formula is C30H36ClN7O4. The number of ether oxygens (including phenoxy) is 1. The number of alkyl carbamates (subject to hydrolysis) is 1. The number of carbonyl (C=O) groups excluding carboxylic acids is 1. The molecule has 1 amide bonds. The zero-order valence-corrected chi connectivity index (χ0v) is 24.6. The first-order valence-corrected chi connectivity index (χ1v) is 14.6. The van der Waals surface area contributed by atoms with Crippen LogP contribution in [0.15, 0.2) is 36.4 Å². The number of piperidine rings is 1. The Labute approximate surface area is 250 Å². The summed E-state index contributed by atoms with van der Waals surface area (Å²) in [6, 6.07) is 10.1. The third kappa shape index (κ3) is 7.02. The number of hydrogen-bond donors (Lipinski definition) is 4. The van der Waals surface area contributed by atoms with Gasteiger partial charge in [-0.3, -0.25) is 0 Å². The number of aromatic nitrogens is 3. The number of nitrogens with zero attached hydrogens (tertiary/aromatic N) is 4. The molecule has 42 heavy (non-hydrogen) atoms. The van der Waals surface area contributed by atoms with Crippen LogP contribution in [0.25, 0.3) is 0 Å². The van der Waals surface area contributed by atoms with Crippen LogP contribution in [0.3, 0.4) is 0 Å². The van der Waals surface area contributed by atoms with Crippen molar-refractivity contribution in [3.8, 4) is 0 Å². The molecule has 2 aliphatic heterocycles. The molecule has 1 fully saturated rings. The standard InChI is InChI=1S/C30H36ClN7O4/c1-18-26(33-16-25(29(39)40)37-30(41)42-17-22-6-3-4-8-23(22)31)34-19(2)35-28(18)38-14-11-20(12-15-38)24-10-9-21-7-5-13-32-27(21)36-24/h3-4,6,8-10,20,25H,5,7,11-17H2,1-2H3,(H,32,36)(H,37,41)(H,39,40)(H,33,34,35)/t25-/m0/s1. The summed E-state index contributed by atoms with van der Waals surface area (Å²) in [5.74, 6) is 2.14. The van der Waals surface area contributed by atoms with E-state index in [1.807, 2.05) is 13.8 Å². The number of pyridine rings is 1. The maximum Gasteiger partial charge on any atom is 0.408 e. The number of hydrogen-bond acceptors (Lipinski definition) is 9. The number of nitrogens with one attached hydrogen (secondary N) is 3. The van der Waals surface area contributed by atoms with Gasteiger partial charge in [-0.05, 0) is 57.2 Å². The van der Waals surface area contributed by atoms with E-state index in [1.54, 1.807) is 24.3 Å². The maximum absolute atomic E-state index is 12.3. The van der Waals surface area contributed by atoms with Gasteiger partial charge in [0.25, 0.3) is 0 Å². The van der Waals surface area contributed by atoms with Crippen molar-refractivity contribution in [3.63, 3.8) is 0 Å². The van der Waals surface area contributed by atoms with E-state index in [0.717, 1.165) is 68.2 Å². The largest absolute Gasteiger partial charge is 0.480 e. The van der Waals surface area contributed by atoms with Crippen LogP contribution in [0.2, 0.25) is 5.02 Å². The van der Waals surface area contributed by atoms with Crippen LogP contribution in [0.1, 0.15) is 53.4 Å². The van der Waals surface area contributed by atoms with E-state index in [4.69, 9.17) is 26.3 Å². The van der Waals surface area contributed by atoms with Crippen molar-refractivity contribution in [2.75, 3.05) is 41.7 Å². The van der Waals surface area contributed by atoms with Crippen LogP contribution in [0, 0.1) is 13.8 Å². The molecule has 0 aliphatic carbocycles. The third-order valence-electron chi connectivity index (χ3n) is 7.74. The minimum Gasteiger partial charge on any atom is -0.480 e. The Bertz CT molecular complexity index is 1450. The van der Waals surface area contributed by atoms with E-state index >= 15 is 0 Å². The zero-order chi connectivity index (χ0) is 29.6. The highest BCUT2D eigenvalue weighted by Crippen LogP contribution is 2.33. The van der Waals surface area contributed by atoms with Gasteiger partial charge in [0.2, 0.25) is 0 Å². The summed E-state index contributed by atoms with van der Waals surface area (Å²) in [5, 5.41) is 19.1. The van der Waals surface area contributed by atoms with Crippen LogP contribution >= 0.6 is 11.6 Å². The van der Waals surface area contributed by atoms with Crippen LogP contribution in [-0.2, 0) is 22.6 Å². The zero-order valence-electron chi connectivity index (χ0n) is 23.8. The van der Waals surface area contributed by atoms with Gasteiger partial charge in [-0.1, -0.05) is 35.9 Å². The number of carbonyl (C=O) groups is 2. The van der Waals surface area contributed by atoms with Crippen molar-refractivity contribution in [2.45, 2.75) is 58.1 Å². The second-order valence-corrected chi connectivity index (χ2v) is 11.1. The third-order valence-corrected chi connectivity index (χ3v) is 8.11. The fraction of sp³-hybridized carbons (Fsp3) is 0.433. The molecule has 1 atom stereocenters. The summed E-state index contributed by atoms with van der Waals surface area (Å²) in [6.45, 7) is 6.18. The summed E-state index contributed by atoms with van der Waals surface area (Å²) in [4.78, 5) is 40.6. The maximum atomic E-state index is 12.3. The molecule has 11 nitrogen and oxygen atoms in total. The molecule has 12 heteroatoms. The Morgan fingerprint density at radius 2 is 1.93 bits per heavy atom. The Hall–Kier alpha value is -4.12. The number of aliphatic carboxylic acids is 1. The van der Waals surface area contributed by atoms with Gasteiger partial charge in [-0.2, -0.15) is 0 Å². The Morgan fingerprint density at radius 3 is 2.69 bits per heavy atom. The molecule has 4 N–H and O–H groups in total. The summed E-state index contributed by atoms with van der Waals surface area (Å²) in [6.07, 6.45) is 3.28. The summed E-state index contributed by atoms with van der Waals surface area (Å²) < 4.78 is 5.18. The van der Waals surface area contributed by atoms with Crippen molar-refractivity contribution in [1.29, 1.82) is 0 Å². The number of amides is 1. The molecule has 1 aromatic carbocycles. The first-order chi connectivity index (χ1) is 20.3. The Kier molecular flexibility index (Phi) is 9.26. The van der Waals surface area contributed by atoms with Gasteiger partial charge >= 0.3 is 12.1 Å². The smallest absolute Gasteiger partial charge is 0.408 e. The first kappa shape index (κ1) is 29.4. The van der Waals surface area contributed by atoms with Crippen molar-refractivity contribution < 1.29 is 19.4 Å². The molecule has 0 saturated carbocycles. The summed E-state index contributed by atoms with van der Waals surface area (Å²) in [7, 11) is 0. The van der Waals surface area contributed by atoms with Gasteiger partial charge in [0.15, 0.2) is 0 Å². The van der Waals surface area contributed by atoms with Crippen molar-refractivity contribution in [3.05, 3.63) is 69.6 Å². The SMILES string of the molecule is Cc1nc(NC[C@H](NC(=O)OCc2ccccc2Cl)C(=O)O)c(C)c(N2CCC(c3ccc4c(n3)NCCC4)CC2)n1. The lowest BCUT2D eigenvalue weighted by Crippen LogP contribution is -2.45. The fourth-order valence-corrected chi connectivity index (χ4v) is 5.58. The van der Waals surface area contributed by atoms with E-state index in [1.165, 1.54) is 5.56 Å². The molecule has 0 radical (unpaired) electrons. The van der Waals surface area contributed by atoms with Gasteiger partial charge in [-0.15, -0.1) is 0 Å². The van der Waals surface area contributed by atoms with E-state index in [-0.39, 0.29) is 13.2 Å². The monoisotopic (exact) mass is 593 g/mol. The average molecular weight is 594 g/mol. The van der Waals surface area contributed by atoms with Crippen LogP contribution in [0.4, 0.5) is 22.2 Å². The number of fused-ring (bicyclic) bond motifs is 1. The number of carboxylic acids is 1. The Balaban J connectivity index is 1.19. The minimum atomic E-state index is -1.24. The fourth-order valence-electron chi connectivity index (χ4n) is 5.39. The van der Waals surface area contributed by atoms with Gasteiger partial charge in [0.1, 0.15) is 35.9 Å². The number of carboxylic acid groups (broad SMARTS) is 1. The number of rotatable bonds is 9. The molecule has 5 rings (SSSR count). The van der Waals surface area contributed by atoms with Gasteiger partial charge in [0.05, 0.1) is 0 Å². The second kappa shape index (κ2) is 13.2. The molecule has 0 spiro atoms. The van der Waals surface area contributed by atoms with Crippen molar-refractivity contribution in [2.24, 2.45) is 0 Å². The van der Waals surface area contributed by atoms with Gasteiger partial charge in [0, 0.05) is 53.9 Å². The molecule has 3 aromatic rings. The molecule has 0 bridgehead atoms. The quantitative estimate of drug-likeness (QED) is 0.276. The van der Waals surface area contributed by atoms with Gasteiger partial charge in [-0.25, -0.2) is 24.5 Å². The van der Waals surface area contributed by atoms with E-state index in [0.29, 0.717) is 28.1 Å². The molecule has 2 aliphatic rings. The predicted molar refractivity (Wildman–Crippen MR) is 161 cm³/mol. The topological polar surface area (TPSA) is 142 Å². The molecule has 222 valence electrons. The lowest BCUT2D eigenvalue weighted by molar-refractivity contribution is -0.139. The molecule has 0 unspecified atom stereocenters. The summed E-state index contributed by atoms with van der Waals surface area (Å²) >= 11 is 6.10. The average Bonchev–Trinajstić information content (AvgIpc) is 3.00. The highest BCUT2D eigenvalue weighted by molar-refractivity contribution is 6.31. The number of halogens is 1. The van der Waals surface area contributed by atoms with Crippen LogP contribution in [-0.4, -0.2) is 64.3 Å². The lowest BCUT2D eigenvalue weighted by Gasteiger charge is -2.34. The van der Waals surface area contributed by atoms with E-state index in [9.17, 15) is 14.7 Å².